The SMILES string of the molecule is CSc1nc2n(n1)C(c1ccc(OCc3ccccc3)cc1)C1=C(CC(C)CC1=O)N2. The van der Waals surface area contributed by atoms with Crippen LogP contribution in [0.3, 0.4) is 0 Å². The topological polar surface area (TPSA) is 69.0 Å². The lowest BCUT2D eigenvalue weighted by molar-refractivity contribution is -0.117. The van der Waals surface area contributed by atoms with Gasteiger partial charge in [0.05, 0.1) is 0 Å². The average molecular weight is 433 g/mol. The summed E-state index contributed by atoms with van der Waals surface area (Å²) in [6.45, 7) is 2.63. The van der Waals surface area contributed by atoms with Crippen molar-refractivity contribution in [3.63, 3.8) is 0 Å². The molecular formula is C24H24N4O2S. The molecule has 0 fully saturated rings. The number of carbonyl (C=O) groups is 1. The van der Waals surface area contributed by atoms with Crippen LogP contribution in [0.2, 0.25) is 0 Å². The summed E-state index contributed by atoms with van der Waals surface area (Å²) in [5.74, 6) is 1.99. The summed E-state index contributed by atoms with van der Waals surface area (Å²) < 4.78 is 7.78. The minimum atomic E-state index is -0.275. The number of rotatable bonds is 5. The van der Waals surface area contributed by atoms with E-state index in [2.05, 4.69) is 22.3 Å². The van der Waals surface area contributed by atoms with Crippen LogP contribution in [-0.2, 0) is 11.4 Å². The smallest absolute Gasteiger partial charge is 0.227 e. The van der Waals surface area contributed by atoms with Gasteiger partial charge in [0.2, 0.25) is 11.1 Å². The van der Waals surface area contributed by atoms with Crippen LogP contribution < -0.4 is 10.1 Å². The molecule has 0 saturated carbocycles. The molecule has 0 saturated heterocycles. The van der Waals surface area contributed by atoms with Crippen molar-refractivity contribution in [2.45, 2.75) is 37.6 Å². The molecule has 0 radical (unpaired) electrons. The third kappa shape index (κ3) is 3.85. The molecule has 3 aromatic rings. The number of aromatic nitrogens is 3. The maximum Gasteiger partial charge on any atom is 0.227 e. The van der Waals surface area contributed by atoms with Crippen molar-refractivity contribution in [2.75, 3.05) is 11.6 Å². The van der Waals surface area contributed by atoms with Crippen LogP contribution >= 0.6 is 11.8 Å². The largest absolute Gasteiger partial charge is 0.489 e. The molecule has 2 aromatic carbocycles. The van der Waals surface area contributed by atoms with Gasteiger partial charge in [-0.15, -0.1) is 5.10 Å². The molecule has 0 bridgehead atoms. The second-order valence-corrected chi connectivity index (χ2v) is 8.84. The number of hydrogen-bond donors (Lipinski definition) is 1. The van der Waals surface area contributed by atoms with Crippen molar-refractivity contribution in [1.29, 1.82) is 0 Å². The summed E-state index contributed by atoms with van der Waals surface area (Å²) in [6, 6.07) is 17.8. The molecule has 2 aliphatic rings. The maximum absolute atomic E-state index is 13.0. The number of anilines is 1. The van der Waals surface area contributed by atoms with Gasteiger partial charge in [0.25, 0.3) is 0 Å². The number of ether oxygens (including phenoxy) is 1. The Morgan fingerprint density at radius 3 is 2.65 bits per heavy atom. The van der Waals surface area contributed by atoms with E-state index in [1.807, 2.05) is 65.5 Å². The lowest BCUT2D eigenvalue weighted by atomic mass is 9.81. The number of nitrogens with zero attached hydrogens (tertiary/aromatic N) is 3. The molecule has 7 heteroatoms. The zero-order valence-electron chi connectivity index (χ0n) is 17.5. The Balaban J connectivity index is 1.47. The van der Waals surface area contributed by atoms with Gasteiger partial charge in [-0.3, -0.25) is 4.79 Å². The van der Waals surface area contributed by atoms with E-state index in [0.29, 0.717) is 30.1 Å². The van der Waals surface area contributed by atoms with E-state index < -0.39 is 0 Å². The van der Waals surface area contributed by atoms with E-state index >= 15 is 0 Å². The van der Waals surface area contributed by atoms with E-state index in [4.69, 9.17) is 4.74 Å². The summed E-state index contributed by atoms with van der Waals surface area (Å²) in [5, 5.41) is 8.72. The Bertz CT molecular complexity index is 1140. The standard InChI is InChI=1S/C24H24N4O2S/c1-15-12-19-21(20(29)13-15)22(28-23(25-19)26-24(27-28)31-2)17-8-10-18(11-9-17)30-14-16-6-4-3-5-7-16/h3-11,15,22H,12-14H2,1-2H3,(H,25,26,27). The highest BCUT2D eigenvalue weighted by Gasteiger charge is 2.38. The van der Waals surface area contributed by atoms with Crippen molar-refractivity contribution in [3.05, 3.63) is 77.0 Å². The minimum Gasteiger partial charge on any atom is -0.489 e. The second kappa shape index (κ2) is 8.23. The maximum atomic E-state index is 13.0. The molecule has 0 spiro atoms. The molecular weight excluding hydrogens is 408 g/mol. The molecule has 2 atom stereocenters. The fourth-order valence-electron chi connectivity index (χ4n) is 4.27. The fraction of sp³-hybridized carbons (Fsp3) is 0.292. The van der Waals surface area contributed by atoms with Crippen LogP contribution in [0.4, 0.5) is 5.95 Å². The van der Waals surface area contributed by atoms with Crippen molar-refractivity contribution < 1.29 is 9.53 Å². The Kier molecular flexibility index (Phi) is 5.28. The number of nitrogens with one attached hydrogen (secondary N) is 1. The zero-order valence-corrected chi connectivity index (χ0v) is 18.4. The number of Topliss-reactive ketones (excluding diaryl/α,β-unsaturated/α-hetero) is 1. The monoisotopic (exact) mass is 432 g/mol. The minimum absolute atomic E-state index is 0.183. The summed E-state index contributed by atoms with van der Waals surface area (Å²) in [7, 11) is 0. The average Bonchev–Trinajstić information content (AvgIpc) is 3.20. The predicted molar refractivity (Wildman–Crippen MR) is 121 cm³/mol. The lowest BCUT2D eigenvalue weighted by Gasteiger charge is -2.34. The van der Waals surface area contributed by atoms with Gasteiger partial charge >= 0.3 is 0 Å². The normalized spacial score (nSPS) is 20.1. The van der Waals surface area contributed by atoms with Crippen LogP contribution in [0.5, 0.6) is 5.75 Å². The molecule has 0 amide bonds. The molecule has 2 unspecified atom stereocenters. The first-order chi connectivity index (χ1) is 15.1. The first kappa shape index (κ1) is 19.9. The van der Waals surface area contributed by atoms with Gasteiger partial charge in [0.1, 0.15) is 18.4 Å². The molecule has 31 heavy (non-hydrogen) atoms. The van der Waals surface area contributed by atoms with E-state index in [9.17, 15) is 4.79 Å². The second-order valence-electron chi connectivity index (χ2n) is 8.07. The first-order valence-corrected chi connectivity index (χ1v) is 11.7. The highest BCUT2D eigenvalue weighted by Crippen LogP contribution is 2.42. The number of hydrogen-bond acceptors (Lipinski definition) is 6. The zero-order chi connectivity index (χ0) is 21.4. The highest BCUT2D eigenvalue weighted by atomic mass is 32.2. The number of thioether (sulfide) groups is 1. The number of carbonyl (C=O) groups excluding carboxylic acids is 1. The Hall–Kier alpha value is -3.06. The quantitative estimate of drug-likeness (QED) is 0.582. The van der Waals surface area contributed by atoms with E-state index in [1.165, 1.54) is 11.8 Å². The van der Waals surface area contributed by atoms with Crippen molar-refractivity contribution in [2.24, 2.45) is 5.92 Å². The molecule has 1 N–H and O–H groups in total. The Labute approximate surface area is 185 Å². The van der Waals surface area contributed by atoms with Crippen LogP contribution in [0.15, 0.2) is 71.0 Å². The fourth-order valence-corrected chi connectivity index (χ4v) is 4.62. The molecule has 6 nitrogen and oxygen atoms in total. The van der Waals surface area contributed by atoms with Gasteiger partial charge in [-0.25, -0.2) is 4.68 Å². The van der Waals surface area contributed by atoms with Crippen molar-refractivity contribution in [1.82, 2.24) is 14.8 Å². The van der Waals surface area contributed by atoms with E-state index in [-0.39, 0.29) is 11.8 Å². The van der Waals surface area contributed by atoms with Gasteiger partial charge in [-0.1, -0.05) is 61.2 Å². The van der Waals surface area contributed by atoms with Crippen LogP contribution in [0.25, 0.3) is 0 Å². The highest BCUT2D eigenvalue weighted by molar-refractivity contribution is 7.98. The lowest BCUT2D eigenvalue weighted by Crippen LogP contribution is -2.33. The number of allylic oxidation sites excluding steroid dienone is 2. The van der Waals surface area contributed by atoms with Crippen molar-refractivity contribution >= 4 is 23.5 Å². The van der Waals surface area contributed by atoms with E-state index in [1.54, 1.807) is 0 Å². The van der Waals surface area contributed by atoms with Gasteiger partial charge in [0, 0.05) is 17.7 Å². The summed E-state index contributed by atoms with van der Waals surface area (Å²) in [5.41, 5.74) is 3.91. The summed E-state index contributed by atoms with van der Waals surface area (Å²) in [6.07, 6.45) is 3.36. The van der Waals surface area contributed by atoms with Crippen molar-refractivity contribution in [3.8, 4) is 5.75 Å². The molecule has 2 heterocycles. The van der Waals surface area contributed by atoms with Crippen LogP contribution in [-0.4, -0.2) is 26.8 Å². The first-order valence-electron chi connectivity index (χ1n) is 10.4. The predicted octanol–water partition coefficient (Wildman–Crippen LogP) is 4.85. The number of fused-ring (bicyclic) bond motifs is 1. The molecule has 1 aliphatic heterocycles. The van der Waals surface area contributed by atoms with Gasteiger partial charge in [0.15, 0.2) is 5.78 Å². The molecule has 1 aromatic heterocycles. The number of ketones is 1. The van der Waals surface area contributed by atoms with E-state index in [0.717, 1.165) is 34.6 Å². The third-order valence-electron chi connectivity index (χ3n) is 5.73. The Morgan fingerprint density at radius 2 is 1.90 bits per heavy atom. The Morgan fingerprint density at radius 1 is 1.13 bits per heavy atom. The third-order valence-corrected chi connectivity index (χ3v) is 6.27. The summed E-state index contributed by atoms with van der Waals surface area (Å²) in [4.78, 5) is 17.6. The molecule has 5 rings (SSSR count). The number of benzene rings is 2. The molecule has 158 valence electrons. The summed E-state index contributed by atoms with van der Waals surface area (Å²) >= 11 is 1.49. The van der Waals surface area contributed by atoms with Gasteiger partial charge in [-0.05, 0) is 41.9 Å². The van der Waals surface area contributed by atoms with Gasteiger partial charge < -0.3 is 10.1 Å². The van der Waals surface area contributed by atoms with Gasteiger partial charge in [-0.2, -0.15) is 4.98 Å². The molecule has 1 aliphatic carbocycles. The van der Waals surface area contributed by atoms with Crippen LogP contribution in [0, 0.1) is 5.92 Å². The van der Waals surface area contributed by atoms with Crippen LogP contribution in [0.1, 0.15) is 36.9 Å².